The van der Waals surface area contributed by atoms with Gasteiger partial charge in [0.05, 0.1) is 12.8 Å². The number of para-hydroxylation sites is 1. The van der Waals surface area contributed by atoms with Gasteiger partial charge in [0.2, 0.25) is 5.71 Å². The Morgan fingerprint density at radius 3 is 2.41 bits per heavy atom. The molecule has 0 fully saturated rings. The highest BCUT2D eigenvalue weighted by Gasteiger charge is 2.37. The predicted octanol–water partition coefficient (Wildman–Crippen LogP) is 4.48. The number of esters is 1. The molecule has 2 aromatic rings. The normalized spacial score (nSPS) is 17.1. The monoisotopic (exact) mass is 385 g/mol. The van der Waals surface area contributed by atoms with E-state index in [2.05, 4.69) is 40.6 Å². The Labute approximate surface area is 171 Å². The summed E-state index contributed by atoms with van der Waals surface area (Å²) in [7, 11) is 3.27. The molecule has 0 aromatic heterocycles. The maximum atomic E-state index is 11.8. The minimum Gasteiger partial charge on any atom is -0.464 e. The Bertz CT molecular complexity index is 1060. The Hall–Kier alpha value is -3.65. The van der Waals surface area contributed by atoms with E-state index in [0.29, 0.717) is 5.70 Å². The molecule has 0 saturated carbocycles. The van der Waals surface area contributed by atoms with Crippen LogP contribution in [0.15, 0.2) is 77.4 Å². The SMILES string of the molecule is COC(=O)C(C#N)=N/C(=C/C=C1\N(C)c2ccccc2C1(C)C)c1ccccc1. The van der Waals surface area contributed by atoms with Gasteiger partial charge in [0, 0.05) is 29.4 Å². The number of nitrogens with zero attached hydrogens (tertiary/aromatic N) is 3. The quantitative estimate of drug-likeness (QED) is 0.575. The smallest absolute Gasteiger partial charge is 0.367 e. The van der Waals surface area contributed by atoms with Gasteiger partial charge in [0.25, 0.3) is 0 Å². The van der Waals surface area contributed by atoms with E-state index in [1.54, 1.807) is 0 Å². The molecule has 0 amide bonds. The molecule has 146 valence electrons. The molecule has 1 aliphatic rings. The summed E-state index contributed by atoms with van der Waals surface area (Å²) >= 11 is 0. The number of hydrogen-bond acceptors (Lipinski definition) is 5. The van der Waals surface area contributed by atoms with Crippen LogP contribution < -0.4 is 4.90 Å². The molecule has 5 heteroatoms. The number of fused-ring (bicyclic) bond motifs is 1. The highest BCUT2D eigenvalue weighted by molar-refractivity contribution is 6.43. The fraction of sp³-hybridized carbons (Fsp3) is 0.208. The molecule has 1 aliphatic heterocycles. The fourth-order valence-electron chi connectivity index (χ4n) is 3.60. The number of ether oxygens (including phenoxy) is 1. The first-order valence-corrected chi connectivity index (χ1v) is 9.28. The van der Waals surface area contributed by atoms with Gasteiger partial charge in [-0.1, -0.05) is 62.4 Å². The number of aliphatic imine (C=N–C) groups is 1. The topological polar surface area (TPSA) is 65.7 Å². The summed E-state index contributed by atoms with van der Waals surface area (Å²) in [4.78, 5) is 18.3. The van der Waals surface area contributed by atoms with Crippen molar-refractivity contribution in [2.75, 3.05) is 19.1 Å². The number of anilines is 1. The van der Waals surface area contributed by atoms with Crippen molar-refractivity contribution in [1.29, 1.82) is 5.26 Å². The van der Waals surface area contributed by atoms with Gasteiger partial charge in [-0.2, -0.15) is 5.26 Å². The molecule has 3 rings (SSSR count). The number of nitriles is 1. The third-order valence-electron chi connectivity index (χ3n) is 5.13. The first-order valence-electron chi connectivity index (χ1n) is 9.28. The predicted molar refractivity (Wildman–Crippen MR) is 115 cm³/mol. The fourth-order valence-corrected chi connectivity index (χ4v) is 3.60. The average molecular weight is 385 g/mol. The van der Waals surface area contributed by atoms with E-state index in [4.69, 9.17) is 0 Å². The molecule has 0 spiro atoms. The molecular formula is C24H23N3O2. The Balaban J connectivity index is 2.12. The zero-order valence-corrected chi connectivity index (χ0v) is 17.0. The second-order valence-corrected chi connectivity index (χ2v) is 7.23. The Morgan fingerprint density at radius 1 is 1.14 bits per heavy atom. The summed E-state index contributed by atoms with van der Waals surface area (Å²) in [6.45, 7) is 4.35. The number of likely N-dealkylation sites (N-methyl/N-ethyl adjacent to an activating group) is 1. The third-order valence-corrected chi connectivity index (χ3v) is 5.13. The summed E-state index contributed by atoms with van der Waals surface area (Å²) in [6.07, 6.45) is 3.84. The van der Waals surface area contributed by atoms with Gasteiger partial charge < -0.3 is 9.64 Å². The standard InChI is InChI=1S/C24H23N3O2/c1-24(2)18-12-8-9-13-21(18)27(3)22(24)15-14-19(17-10-6-5-7-11-17)26-20(16-25)23(28)29-4/h5-15H,1-4H3/b19-14+,22-15-,26-20?. The number of benzene rings is 2. The second-order valence-electron chi connectivity index (χ2n) is 7.23. The van der Waals surface area contributed by atoms with Crippen molar-refractivity contribution < 1.29 is 9.53 Å². The van der Waals surface area contributed by atoms with Gasteiger partial charge in [-0.15, -0.1) is 0 Å². The van der Waals surface area contributed by atoms with Crippen LogP contribution in [0, 0.1) is 11.3 Å². The van der Waals surface area contributed by atoms with E-state index >= 15 is 0 Å². The first-order chi connectivity index (χ1) is 13.9. The lowest BCUT2D eigenvalue weighted by molar-refractivity contribution is -0.132. The molecule has 0 aliphatic carbocycles. The number of carbonyl (C=O) groups is 1. The molecule has 0 atom stereocenters. The first kappa shape index (κ1) is 20.1. The van der Waals surface area contributed by atoms with E-state index in [0.717, 1.165) is 16.9 Å². The van der Waals surface area contributed by atoms with Crippen molar-refractivity contribution in [2.45, 2.75) is 19.3 Å². The van der Waals surface area contributed by atoms with Crippen molar-refractivity contribution in [3.8, 4) is 6.07 Å². The summed E-state index contributed by atoms with van der Waals surface area (Å²) in [6, 6.07) is 19.6. The Kier molecular flexibility index (Phi) is 5.65. The zero-order valence-electron chi connectivity index (χ0n) is 17.0. The van der Waals surface area contributed by atoms with Crippen LogP contribution in [0.3, 0.4) is 0 Å². The van der Waals surface area contributed by atoms with Gasteiger partial charge in [-0.25, -0.2) is 9.79 Å². The third kappa shape index (κ3) is 3.83. The van der Waals surface area contributed by atoms with E-state index in [9.17, 15) is 10.1 Å². The number of allylic oxidation sites excluding steroid dienone is 3. The lowest BCUT2D eigenvalue weighted by Gasteiger charge is -2.23. The van der Waals surface area contributed by atoms with Crippen molar-refractivity contribution in [3.63, 3.8) is 0 Å². The summed E-state index contributed by atoms with van der Waals surface area (Å²) in [5.74, 6) is -0.757. The summed E-state index contributed by atoms with van der Waals surface area (Å²) < 4.78 is 4.67. The minimum atomic E-state index is -0.757. The number of carbonyl (C=O) groups excluding carboxylic acids is 1. The van der Waals surface area contributed by atoms with Crippen molar-refractivity contribution in [2.24, 2.45) is 4.99 Å². The molecule has 0 bridgehead atoms. The molecule has 0 saturated heterocycles. The van der Waals surface area contributed by atoms with Crippen LogP contribution in [0.25, 0.3) is 5.70 Å². The number of rotatable bonds is 4. The van der Waals surface area contributed by atoms with E-state index in [1.165, 1.54) is 12.7 Å². The maximum absolute atomic E-state index is 11.8. The molecule has 0 unspecified atom stereocenters. The van der Waals surface area contributed by atoms with Crippen molar-refractivity contribution in [3.05, 3.63) is 83.6 Å². The van der Waals surface area contributed by atoms with Crippen molar-refractivity contribution >= 4 is 23.1 Å². The largest absolute Gasteiger partial charge is 0.464 e. The highest BCUT2D eigenvalue weighted by Crippen LogP contribution is 2.46. The molecular weight excluding hydrogens is 362 g/mol. The van der Waals surface area contributed by atoms with Crippen LogP contribution in [0.2, 0.25) is 0 Å². The van der Waals surface area contributed by atoms with Crippen LogP contribution in [-0.4, -0.2) is 25.8 Å². The van der Waals surface area contributed by atoms with Crippen LogP contribution in [0.4, 0.5) is 5.69 Å². The Morgan fingerprint density at radius 2 is 1.79 bits per heavy atom. The van der Waals surface area contributed by atoms with Crippen LogP contribution in [-0.2, 0) is 14.9 Å². The molecule has 0 N–H and O–H groups in total. The van der Waals surface area contributed by atoms with Gasteiger partial charge >= 0.3 is 5.97 Å². The molecule has 5 nitrogen and oxygen atoms in total. The van der Waals surface area contributed by atoms with Gasteiger partial charge in [0.1, 0.15) is 6.07 Å². The number of hydrogen-bond donors (Lipinski definition) is 0. The van der Waals surface area contributed by atoms with Crippen molar-refractivity contribution in [1.82, 2.24) is 0 Å². The lowest BCUT2D eigenvalue weighted by Crippen LogP contribution is -2.22. The highest BCUT2D eigenvalue weighted by atomic mass is 16.5. The van der Waals surface area contributed by atoms with Gasteiger partial charge in [-0.3, -0.25) is 0 Å². The zero-order chi connectivity index (χ0) is 21.0. The number of methoxy groups -OCH3 is 1. The molecule has 2 aromatic carbocycles. The summed E-state index contributed by atoms with van der Waals surface area (Å²) in [5, 5.41) is 9.31. The minimum absolute atomic E-state index is 0.187. The van der Waals surface area contributed by atoms with E-state index in [1.807, 2.05) is 67.7 Å². The molecule has 0 radical (unpaired) electrons. The van der Waals surface area contributed by atoms with Crippen LogP contribution in [0.1, 0.15) is 25.0 Å². The van der Waals surface area contributed by atoms with E-state index in [-0.39, 0.29) is 11.1 Å². The average Bonchev–Trinajstić information content (AvgIpc) is 2.94. The maximum Gasteiger partial charge on any atom is 0.367 e. The van der Waals surface area contributed by atoms with Crippen LogP contribution in [0.5, 0.6) is 0 Å². The van der Waals surface area contributed by atoms with Crippen LogP contribution >= 0.6 is 0 Å². The lowest BCUT2D eigenvalue weighted by atomic mass is 9.83. The van der Waals surface area contributed by atoms with Gasteiger partial charge in [0.15, 0.2) is 0 Å². The van der Waals surface area contributed by atoms with Gasteiger partial charge in [-0.05, 0) is 23.8 Å². The second kappa shape index (κ2) is 8.15. The molecule has 29 heavy (non-hydrogen) atoms. The summed E-state index contributed by atoms with van der Waals surface area (Å²) in [5.41, 5.74) is 4.35. The van der Waals surface area contributed by atoms with E-state index < -0.39 is 5.97 Å². The molecule has 1 heterocycles.